The molecule has 0 aliphatic carbocycles. The predicted octanol–water partition coefficient (Wildman–Crippen LogP) is 4.05. The van der Waals surface area contributed by atoms with Crippen molar-refractivity contribution in [2.45, 2.75) is 19.6 Å². The van der Waals surface area contributed by atoms with Crippen LogP contribution < -0.4 is 10.1 Å². The van der Waals surface area contributed by atoms with Crippen LogP contribution in [0.4, 0.5) is 18.9 Å². The lowest BCUT2D eigenvalue weighted by Gasteiger charge is -2.15. The van der Waals surface area contributed by atoms with Crippen molar-refractivity contribution >= 4 is 5.69 Å². The number of halogens is 3. The Labute approximate surface area is 159 Å². The smallest absolute Gasteiger partial charge is 0.418 e. The summed E-state index contributed by atoms with van der Waals surface area (Å²) in [6.45, 7) is 1.50. The summed E-state index contributed by atoms with van der Waals surface area (Å²) in [6, 6.07) is 11.0. The quantitative estimate of drug-likeness (QED) is 0.631. The zero-order chi connectivity index (χ0) is 20.1. The Morgan fingerprint density at radius 2 is 1.86 bits per heavy atom. The molecule has 2 aromatic carbocycles. The van der Waals surface area contributed by atoms with E-state index < -0.39 is 11.7 Å². The number of hydrogen-bond donors (Lipinski definition) is 2. The molecule has 0 saturated carbocycles. The maximum absolute atomic E-state index is 13.3. The Hall–Kier alpha value is -3.07. The Morgan fingerprint density at radius 1 is 1.11 bits per heavy atom. The molecule has 6 nitrogen and oxygen atoms in total. The fourth-order valence-corrected chi connectivity index (χ4v) is 2.47. The summed E-state index contributed by atoms with van der Waals surface area (Å²) < 4.78 is 50.6. The molecule has 1 aromatic heterocycles. The van der Waals surface area contributed by atoms with Crippen molar-refractivity contribution in [2.24, 2.45) is 0 Å². The van der Waals surface area contributed by atoms with E-state index in [2.05, 4.69) is 15.5 Å². The molecule has 0 aliphatic heterocycles. The lowest BCUT2D eigenvalue weighted by atomic mass is 10.1. The molecule has 0 spiro atoms. The van der Waals surface area contributed by atoms with E-state index in [1.807, 2.05) is 31.2 Å². The summed E-state index contributed by atoms with van der Waals surface area (Å²) in [5.41, 5.74) is 0.780. The van der Waals surface area contributed by atoms with E-state index in [0.29, 0.717) is 5.89 Å². The number of benzene rings is 2. The van der Waals surface area contributed by atoms with E-state index in [-0.39, 0.29) is 37.1 Å². The van der Waals surface area contributed by atoms with Crippen LogP contribution in [0.3, 0.4) is 0 Å². The minimum Gasteiger partial charge on any atom is -0.491 e. The van der Waals surface area contributed by atoms with Gasteiger partial charge in [-0.25, -0.2) is 0 Å². The molecule has 0 atom stereocenters. The van der Waals surface area contributed by atoms with Crippen LogP contribution in [-0.2, 0) is 12.7 Å². The normalized spacial score (nSPS) is 11.5. The number of aliphatic hydroxyl groups is 1. The Bertz CT molecular complexity index is 924. The van der Waals surface area contributed by atoms with Gasteiger partial charge in [0.05, 0.1) is 18.7 Å². The molecule has 0 bridgehead atoms. The number of alkyl halides is 3. The third-order valence-electron chi connectivity index (χ3n) is 3.85. The van der Waals surface area contributed by atoms with Crippen LogP contribution in [0.5, 0.6) is 5.75 Å². The highest BCUT2D eigenvalue weighted by atomic mass is 19.4. The van der Waals surface area contributed by atoms with Gasteiger partial charge in [-0.3, -0.25) is 0 Å². The van der Waals surface area contributed by atoms with Crippen molar-refractivity contribution in [3.63, 3.8) is 0 Å². The first-order valence-corrected chi connectivity index (χ1v) is 8.45. The second-order valence-electron chi connectivity index (χ2n) is 6.00. The van der Waals surface area contributed by atoms with Crippen LogP contribution in [0.1, 0.15) is 17.0 Å². The van der Waals surface area contributed by atoms with Crippen LogP contribution in [-0.4, -0.2) is 28.5 Å². The van der Waals surface area contributed by atoms with Crippen LogP contribution in [0.2, 0.25) is 0 Å². The molecule has 0 radical (unpaired) electrons. The van der Waals surface area contributed by atoms with E-state index in [1.165, 1.54) is 12.1 Å². The van der Waals surface area contributed by atoms with Crippen LogP contribution >= 0.6 is 0 Å². The van der Waals surface area contributed by atoms with E-state index in [9.17, 15) is 13.2 Å². The molecule has 1 heterocycles. The highest BCUT2D eigenvalue weighted by Gasteiger charge is 2.34. The number of anilines is 1. The predicted molar refractivity (Wildman–Crippen MR) is 95.8 cm³/mol. The summed E-state index contributed by atoms with van der Waals surface area (Å²) in [7, 11) is 0. The first-order valence-electron chi connectivity index (χ1n) is 8.45. The van der Waals surface area contributed by atoms with Gasteiger partial charge in [-0.2, -0.15) is 13.2 Å². The van der Waals surface area contributed by atoms with Gasteiger partial charge in [0, 0.05) is 11.3 Å². The summed E-state index contributed by atoms with van der Waals surface area (Å²) >= 11 is 0. The molecule has 0 amide bonds. The Morgan fingerprint density at radius 3 is 2.54 bits per heavy atom. The van der Waals surface area contributed by atoms with Gasteiger partial charge in [0.25, 0.3) is 0 Å². The molecule has 0 unspecified atom stereocenters. The van der Waals surface area contributed by atoms with Gasteiger partial charge in [0.1, 0.15) is 12.4 Å². The maximum atomic E-state index is 13.3. The molecule has 0 fully saturated rings. The van der Waals surface area contributed by atoms with Crippen molar-refractivity contribution < 1.29 is 27.4 Å². The fraction of sp³-hybridized carbons (Fsp3) is 0.263. The van der Waals surface area contributed by atoms with Crippen molar-refractivity contribution in [1.29, 1.82) is 0 Å². The van der Waals surface area contributed by atoms with Crippen LogP contribution in [0.25, 0.3) is 11.5 Å². The zero-order valence-electron chi connectivity index (χ0n) is 15.0. The third kappa shape index (κ3) is 4.80. The van der Waals surface area contributed by atoms with Crippen molar-refractivity contribution in [3.8, 4) is 17.2 Å². The minimum absolute atomic E-state index is 0.0198. The monoisotopic (exact) mass is 393 g/mol. The fourth-order valence-electron chi connectivity index (χ4n) is 2.47. The number of aliphatic hydroxyl groups excluding tert-OH is 1. The van der Waals surface area contributed by atoms with Gasteiger partial charge in [-0.15, -0.1) is 10.2 Å². The Kier molecular flexibility index (Phi) is 5.84. The maximum Gasteiger partial charge on any atom is 0.418 e. The largest absolute Gasteiger partial charge is 0.491 e. The van der Waals surface area contributed by atoms with Crippen molar-refractivity contribution in [1.82, 2.24) is 10.2 Å². The molecule has 2 N–H and O–H groups in total. The minimum atomic E-state index is -4.58. The first-order chi connectivity index (χ1) is 13.4. The van der Waals surface area contributed by atoms with Gasteiger partial charge in [-0.1, -0.05) is 17.7 Å². The number of aromatic nitrogens is 2. The molecule has 3 aromatic rings. The topological polar surface area (TPSA) is 80.4 Å². The van der Waals surface area contributed by atoms with E-state index in [1.54, 1.807) is 0 Å². The molecule has 3 rings (SSSR count). The highest BCUT2D eigenvalue weighted by Crippen LogP contribution is 2.37. The molecule has 0 aliphatic rings. The van der Waals surface area contributed by atoms with Crippen LogP contribution in [0, 0.1) is 6.92 Å². The van der Waals surface area contributed by atoms with Crippen molar-refractivity contribution in [3.05, 3.63) is 59.5 Å². The number of aryl methyl sites for hydroxylation is 1. The van der Waals surface area contributed by atoms with Gasteiger partial charge >= 0.3 is 6.18 Å². The van der Waals surface area contributed by atoms with Gasteiger partial charge < -0.3 is 19.6 Å². The standard InChI is InChI=1S/C19H18F3N3O3/c1-12-2-4-13(5-3-12)18-25-24-17(28-18)11-23-16-7-6-14(27-9-8-26)10-15(16)19(20,21)22/h2-7,10,23,26H,8-9,11H2,1H3. The number of ether oxygens (including phenoxy) is 1. The van der Waals surface area contributed by atoms with Gasteiger partial charge in [0.2, 0.25) is 11.8 Å². The lowest BCUT2D eigenvalue weighted by molar-refractivity contribution is -0.137. The number of rotatable bonds is 7. The number of nitrogens with zero attached hydrogens (tertiary/aromatic N) is 2. The van der Waals surface area contributed by atoms with E-state index >= 15 is 0 Å². The SMILES string of the molecule is Cc1ccc(-c2nnc(CNc3ccc(OCCO)cc3C(F)(F)F)o2)cc1. The average Bonchev–Trinajstić information content (AvgIpc) is 3.14. The van der Waals surface area contributed by atoms with Gasteiger partial charge in [-0.05, 0) is 37.3 Å². The Balaban J connectivity index is 1.74. The molecule has 148 valence electrons. The second-order valence-corrected chi connectivity index (χ2v) is 6.00. The first kappa shape index (κ1) is 19.7. The summed E-state index contributed by atoms with van der Waals surface area (Å²) in [5, 5.41) is 19.2. The van der Waals surface area contributed by atoms with Crippen molar-refractivity contribution in [2.75, 3.05) is 18.5 Å². The average molecular weight is 393 g/mol. The van der Waals surface area contributed by atoms with Crippen LogP contribution in [0.15, 0.2) is 46.9 Å². The molecule has 9 heteroatoms. The summed E-state index contributed by atoms with van der Waals surface area (Å²) in [4.78, 5) is 0. The molecule has 28 heavy (non-hydrogen) atoms. The molecule has 0 saturated heterocycles. The van der Waals surface area contributed by atoms with Gasteiger partial charge in [0.15, 0.2) is 0 Å². The summed E-state index contributed by atoms with van der Waals surface area (Å²) in [6.07, 6.45) is -4.58. The molecular weight excluding hydrogens is 375 g/mol. The van der Waals surface area contributed by atoms with E-state index in [4.69, 9.17) is 14.3 Å². The zero-order valence-corrected chi connectivity index (χ0v) is 15.0. The van der Waals surface area contributed by atoms with E-state index in [0.717, 1.165) is 17.2 Å². The number of nitrogens with one attached hydrogen (secondary N) is 1. The third-order valence-corrected chi connectivity index (χ3v) is 3.85. The highest BCUT2D eigenvalue weighted by molar-refractivity contribution is 5.56. The summed E-state index contributed by atoms with van der Waals surface area (Å²) in [5.74, 6) is 0.469. The lowest BCUT2D eigenvalue weighted by Crippen LogP contribution is -2.12. The number of hydrogen-bond acceptors (Lipinski definition) is 6. The molecular formula is C19H18F3N3O3. The second kappa shape index (κ2) is 8.30.